The summed E-state index contributed by atoms with van der Waals surface area (Å²) in [6.07, 6.45) is 1.61. The summed E-state index contributed by atoms with van der Waals surface area (Å²) < 4.78 is 0. The average molecular weight is 241 g/mol. The molecule has 5 nitrogen and oxygen atoms in total. The number of nitrogens with one attached hydrogen (secondary N) is 3. The molecule has 0 aliphatic carbocycles. The molecule has 1 unspecified atom stereocenters. The summed E-state index contributed by atoms with van der Waals surface area (Å²) in [5, 5.41) is 8.28. The van der Waals surface area contributed by atoms with Crippen molar-refractivity contribution in [2.75, 3.05) is 19.6 Å². The number of hydrogen-bond donors (Lipinski definition) is 3. The molecule has 0 saturated heterocycles. The molecule has 2 amide bonds. The highest BCUT2D eigenvalue weighted by Crippen LogP contribution is 1.87. The summed E-state index contributed by atoms with van der Waals surface area (Å²) in [7, 11) is 0. The van der Waals surface area contributed by atoms with Gasteiger partial charge in [-0.2, -0.15) is 0 Å². The first-order valence-corrected chi connectivity index (χ1v) is 5.86. The number of carbonyl (C=O) groups is 2. The van der Waals surface area contributed by atoms with Crippen LogP contribution in [0.5, 0.6) is 0 Å². The second kappa shape index (κ2) is 8.75. The van der Waals surface area contributed by atoms with Gasteiger partial charge in [0, 0.05) is 13.1 Å². The normalized spacial score (nSPS) is 12.0. The van der Waals surface area contributed by atoms with Gasteiger partial charge in [-0.25, -0.2) is 0 Å². The first-order chi connectivity index (χ1) is 7.97. The van der Waals surface area contributed by atoms with Crippen LogP contribution in [0.15, 0.2) is 12.7 Å². The Kier molecular flexibility index (Phi) is 8.05. The van der Waals surface area contributed by atoms with E-state index >= 15 is 0 Å². The maximum Gasteiger partial charge on any atom is 0.237 e. The number of carbonyl (C=O) groups excluding carboxylic acids is 2. The zero-order valence-electron chi connectivity index (χ0n) is 10.9. The van der Waals surface area contributed by atoms with Gasteiger partial charge in [0.2, 0.25) is 11.8 Å². The van der Waals surface area contributed by atoms with Crippen LogP contribution in [0, 0.1) is 5.92 Å². The molecule has 17 heavy (non-hydrogen) atoms. The molecule has 0 spiro atoms. The van der Waals surface area contributed by atoms with Gasteiger partial charge >= 0.3 is 0 Å². The molecular weight excluding hydrogens is 218 g/mol. The second-order valence-corrected chi connectivity index (χ2v) is 4.33. The molecule has 0 radical (unpaired) electrons. The second-order valence-electron chi connectivity index (χ2n) is 4.33. The first-order valence-electron chi connectivity index (χ1n) is 5.86. The fourth-order valence-electron chi connectivity index (χ4n) is 1.04. The molecular formula is C12H23N3O2. The zero-order chi connectivity index (χ0) is 13.3. The Morgan fingerprint density at radius 2 is 1.88 bits per heavy atom. The van der Waals surface area contributed by atoms with E-state index in [-0.39, 0.29) is 24.4 Å². The lowest BCUT2D eigenvalue weighted by molar-refractivity contribution is -0.123. The van der Waals surface area contributed by atoms with Gasteiger partial charge in [0.05, 0.1) is 12.6 Å². The Morgan fingerprint density at radius 1 is 1.24 bits per heavy atom. The largest absolute Gasteiger partial charge is 0.355 e. The molecule has 0 heterocycles. The van der Waals surface area contributed by atoms with Crippen LogP contribution in [-0.2, 0) is 9.59 Å². The van der Waals surface area contributed by atoms with E-state index in [4.69, 9.17) is 0 Å². The van der Waals surface area contributed by atoms with Gasteiger partial charge in [-0.05, 0) is 12.8 Å². The molecule has 1 atom stereocenters. The highest BCUT2D eigenvalue weighted by Gasteiger charge is 2.12. The van der Waals surface area contributed by atoms with Crippen molar-refractivity contribution in [3.63, 3.8) is 0 Å². The van der Waals surface area contributed by atoms with Gasteiger partial charge < -0.3 is 10.6 Å². The molecule has 0 aliphatic heterocycles. The number of amides is 2. The van der Waals surface area contributed by atoms with E-state index in [2.05, 4.69) is 22.5 Å². The minimum atomic E-state index is -0.389. The lowest BCUT2D eigenvalue weighted by Crippen LogP contribution is -2.46. The Morgan fingerprint density at radius 3 is 2.41 bits per heavy atom. The van der Waals surface area contributed by atoms with Crippen LogP contribution in [0.3, 0.4) is 0 Å². The Hall–Kier alpha value is -1.36. The number of rotatable bonds is 8. The summed E-state index contributed by atoms with van der Waals surface area (Å²) >= 11 is 0. The predicted octanol–water partition coefficient (Wildman–Crippen LogP) is 0.0389. The third-order valence-corrected chi connectivity index (χ3v) is 2.09. The van der Waals surface area contributed by atoms with Gasteiger partial charge in [-0.1, -0.05) is 19.9 Å². The third-order valence-electron chi connectivity index (χ3n) is 2.09. The van der Waals surface area contributed by atoms with Gasteiger partial charge in [-0.3, -0.25) is 14.9 Å². The molecule has 5 heteroatoms. The van der Waals surface area contributed by atoms with Crippen molar-refractivity contribution < 1.29 is 9.59 Å². The van der Waals surface area contributed by atoms with Crippen molar-refractivity contribution in [3.8, 4) is 0 Å². The molecule has 0 bridgehead atoms. The maximum absolute atomic E-state index is 11.4. The van der Waals surface area contributed by atoms with Crippen molar-refractivity contribution in [1.82, 2.24) is 16.0 Å². The van der Waals surface area contributed by atoms with Crippen LogP contribution >= 0.6 is 0 Å². The van der Waals surface area contributed by atoms with E-state index in [1.165, 1.54) is 0 Å². The van der Waals surface area contributed by atoms with Gasteiger partial charge in [0.15, 0.2) is 0 Å². The SMILES string of the molecule is C=CCNC(=O)C(C)NCC(=O)NCC(C)C. The molecule has 0 aliphatic rings. The van der Waals surface area contributed by atoms with Crippen molar-refractivity contribution in [1.29, 1.82) is 0 Å². The van der Waals surface area contributed by atoms with Gasteiger partial charge in [0.25, 0.3) is 0 Å². The topological polar surface area (TPSA) is 70.2 Å². The molecule has 0 fully saturated rings. The lowest BCUT2D eigenvalue weighted by Gasteiger charge is -2.13. The van der Waals surface area contributed by atoms with Crippen molar-refractivity contribution in [2.24, 2.45) is 5.92 Å². The first kappa shape index (κ1) is 15.6. The summed E-state index contributed by atoms with van der Waals surface area (Å²) in [4.78, 5) is 22.8. The molecule has 3 N–H and O–H groups in total. The van der Waals surface area contributed by atoms with Crippen LogP contribution in [0.4, 0.5) is 0 Å². The predicted molar refractivity (Wildman–Crippen MR) is 68.5 cm³/mol. The monoisotopic (exact) mass is 241 g/mol. The lowest BCUT2D eigenvalue weighted by atomic mass is 10.2. The summed E-state index contributed by atoms with van der Waals surface area (Å²) in [6, 6.07) is -0.389. The van der Waals surface area contributed by atoms with E-state index in [0.717, 1.165) is 0 Å². The van der Waals surface area contributed by atoms with Crippen molar-refractivity contribution in [3.05, 3.63) is 12.7 Å². The summed E-state index contributed by atoms with van der Waals surface area (Å²) in [5.74, 6) is 0.191. The molecule has 0 rings (SSSR count). The van der Waals surface area contributed by atoms with Crippen LogP contribution in [0.1, 0.15) is 20.8 Å². The van der Waals surface area contributed by atoms with Crippen LogP contribution < -0.4 is 16.0 Å². The Labute approximate surface area is 103 Å². The van der Waals surface area contributed by atoms with Crippen molar-refractivity contribution in [2.45, 2.75) is 26.8 Å². The molecule has 98 valence electrons. The molecule has 0 aromatic rings. The van der Waals surface area contributed by atoms with Gasteiger partial charge in [0.1, 0.15) is 0 Å². The standard InChI is InChI=1S/C12H23N3O2/c1-5-6-13-12(17)10(4)14-8-11(16)15-7-9(2)3/h5,9-10,14H,1,6-8H2,2-4H3,(H,13,17)(H,15,16). The molecule has 0 saturated carbocycles. The summed E-state index contributed by atoms with van der Waals surface area (Å²) in [5.41, 5.74) is 0. The van der Waals surface area contributed by atoms with E-state index in [1.54, 1.807) is 13.0 Å². The average Bonchev–Trinajstić information content (AvgIpc) is 2.30. The maximum atomic E-state index is 11.4. The minimum absolute atomic E-state index is 0.0953. The van der Waals surface area contributed by atoms with Crippen LogP contribution in [0.25, 0.3) is 0 Å². The van der Waals surface area contributed by atoms with Crippen molar-refractivity contribution >= 4 is 11.8 Å². The molecule has 0 aromatic heterocycles. The van der Waals surface area contributed by atoms with Crippen LogP contribution in [0.2, 0.25) is 0 Å². The summed E-state index contributed by atoms with van der Waals surface area (Å²) in [6.45, 7) is 10.5. The van der Waals surface area contributed by atoms with Crippen LogP contribution in [-0.4, -0.2) is 37.5 Å². The minimum Gasteiger partial charge on any atom is -0.355 e. The molecule has 0 aromatic carbocycles. The van der Waals surface area contributed by atoms with E-state index < -0.39 is 0 Å². The fraction of sp³-hybridized carbons (Fsp3) is 0.667. The highest BCUT2D eigenvalue weighted by atomic mass is 16.2. The Balaban J connectivity index is 3.74. The quantitative estimate of drug-likeness (QED) is 0.525. The smallest absolute Gasteiger partial charge is 0.237 e. The fourth-order valence-corrected chi connectivity index (χ4v) is 1.04. The van der Waals surface area contributed by atoms with E-state index in [0.29, 0.717) is 19.0 Å². The highest BCUT2D eigenvalue weighted by molar-refractivity contribution is 5.83. The zero-order valence-corrected chi connectivity index (χ0v) is 10.9. The van der Waals surface area contributed by atoms with Gasteiger partial charge in [-0.15, -0.1) is 6.58 Å². The Bertz CT molecular complexity index is 264. The van der Waals surface area contributed by atoms with E-state index in [9.17, 15) is 9.59 Å². The number of hydrogen-bond acceptors (Lipinski definition) is 3. The third kappa shape index (κ3) is 8.45. The van der Waals surface area contributed by atoms with E-state index in [1.807, 2.05) is 13.8 Å².